The number of rotatable bonds is 12. The second kappa shape index (κ2) is 12.5. The minimum atomic E-state index is -0.000279. The summed E-state index contributed by atoms with van der Waals surface area (Å²) >= 11 is 0. The van der Waals surface area contributed by atoms with Gasteiger partial charge in [-0.3, -0.25) is 4.79 Å². The third-order valence-electron chi connectivity index (χ3n) is 2.00. The molecule has 0 radical (unpaired) electrons. The number of hydrogen-bond acceptors (Lipinski definition) is 5. The Hall–Kier alpha value is -0.980. The van der Waals surface area contributed by atoms with Crippen LogP contribution in [0.1, 0.15) is 13.8 Å². The van der Waals surface area contributed by atoms with Gasteiger partial charge in [-0.1, -0.05) is 13.8 Å². The maximum Gasteiger partial charge on any atom is 0.222 e. The SMILES string of the molecule is CC(C)C(=O)NCCOCCOCCOCC=O. The Morgan fingerprint density at radius 2 is 1.61 bits per heavy atom. The molecule has 1 N–H and O–H groups in total. The second-order valence-electron chi connectivity index (χ2n) is 3.91. The molecule has 6 heteroatoms. The fourth-order valence-corrected chi connectivity index (χ4v) is 1.02. The van der Waals surface area contributed by atoms with Crippen molar-refractivity contribution in [2.45, 2.75) is 13.8 Å². The quantitative estimate of drug-likeness (QED) is 0.395. The van der Waals surface area contributed by atoms with E-state index in [1.807, 2.05) is 13.8 Å². The minimum absolute atomic E-state index is 0.000279. The van der Waals surface area contributed by atoms with Crippen molar-refractivity contribution in [3.63, 3.8) is 0 Å². The molecule has 0 saturated heterocycles. The molecule has 0 aromatic heterocycles. The molecule has 6 nitrogen and oxygen atoms in total. The lowest BCUT2D eigenvalue weighted by molar-refractivity contribution is -0.124. The first kappa shape index (κ1) is 17.0. The smallest absolute Gasteiger partial charge is 0.222 e. The van der Waals surface area contributed by atoms with E-state index in [9.17, 15) is 9.59 Å². The van der Waals surface area contributed by atoms with Crippen molar-refractivity contribution in [1.29, 1.82) is 0 Å². The summed E-state index contributed by atoms with van der Waals surface area (Å²) in [5.74, 6) is 0.0295. The van der Waals surface area contributed by atoms with Crippen LogP contribution in [-0.2, 0) is 23.8 Å². The summed E-state index contributed by atoms with van der Waals surface area (Å²) in [5.41, 5.74) is 0. The monoisotopic (exact) mass is 261 g/mol. The average Bonchev–Trinajstić information content (AvgIpc) is 2.35. The van der Waals surface area contributed by atoms with Gasteiger partial charge in [0.15, 0.2) is 0 Å². The van der Waals surface area contributed by atoms with Crippen molar-refractivity contribution in [3.05, 3.63) is 0 Å². The standard InChI is InChI=1S/C12H23NO5/c1-11(2)12(15)13-3-5-16-7-9-18-10-8-17-6-4-14/h4,11H,3,5-10H2,1-2H3,(H,13,15). The maximum atomic E-state index is 11.2. The van der Waals surface area contributed by atoms with Crippen LogP contribution in [-0.4, -0.2) is 58.4 Å². The number of carbonyl (C=O) groups is 2. The number of amides is 1. The summed E-state index contributed by atoms with van der Waals surface area (Å²) in [6, 6.07) is 0. The van der Waals surface area contributed by atoms with Crippen LogP contribution in [0.3, 0.4) is 0 Å². The predicted octanol–water partition coefficient (Wildman–Crippen LogP) is 0.00730. The lowest BCUT2D eigenvalue weighted by atomic mass is 10.2. The highest BCUT2D eigenvalue weighted by Gasteiger charge is 2.04. The molecule has 1 amide bonds. The highest BCUT2D eigenvalue weighted by molar-refractivity contribution is 5.77. The van der Waals surface area contributed by atoms with Gasteiger partial charge < -0.3 is 24.3 Å². The van der Waals surface area contributed by atoms with E-state index in [-0.39, 0.29) is 18.4 Å². The topological polar surface area (TPSA) is 73.9 Å². The number of hydrogen-bond donors (Lipinski definition) is 1. The fourth-order valence-electron chi connectivity index (χ4n) is 1.02. The van der Waals surface area contributed by atoms with Crippen molar-refractivity contribution >= 4 is 12.2 Å². The lowest BCUT2D eigenvalue weighted by Crippen LogP contribution is -2.31. The Bertz CT molecular complexity index is 221. The molecule has 0 fully saturated rings. The van der Waals surface area contributed by atoms with E-state index >= 15 is 0 Å². The third-order valence-corrected chi connectivity index (χ3v) is 2.00. The molecular formula is C12H23NO5. The Balaban J connectivity index is 3.07. The first-order chi connectivity index (χ1) is 8.68. The molecule has 0 heterocycles. The summed E-state index contributed by atoms with van der Waals surface area (Å²) < 4.78 is 15.3. The molecule has 0 aliphatic carbocycles. The molecule has 0 aliphatic rings. The van der Waals surface area contributed by atoms with Gasteiger partial charge in [0.1, 0.15) is 12.9 Å². The number of aldehydes is 1. The van der Waals surface area contributed by atoms with Crippen LogP contribution < -0.4 is 5.32 Å². The van der Waals surface area contributed by atoms with Crippen LogP contribution >= 0.6 is 0 Å². The van der Waals surface area contributed by atoms with E-state index in [1.54, 1.807) is 0 Å². The van der Waals surface area contributed by atoms with E-state index < -0.39 is 0 Å². The third kappa shape index (κ3) is 11.5. The molecule has 0 aromatic rings. The van der Waals surface area contributed by atoms with Gasteiger partial charge in [0.25, 0.3) is 0 Å². The summed E-state index contributed by atoms with van der Waals surface area (Å²) in [4.78, 5) is 21.1. The second-order valence-corrected chi connectivity index (χ2v) is 3.91. The summed E-state index contributed by atoms with van der Waals surface area (Å²) in [7, 11) is 0. The largest absolute Gasteiger partial charge is 0.377 e. The van der Waals surface area contributed by atoms with Crippen molar-refractivity contribution in [2.75, 3.05) is 46.2 Å². The van der Waals surface area contributed by atoms with Gasteiger partial charge in [0.05, 0.1) is 33.0 Å². The predicted molar refractivity (Wildman–Crippen MR) is 66.4 cm³/mol. The maximum absolute atomic E-state index is 11.2. The highest BCUT2D eigenvalue weighted by Crippen LogP contribution is 1.89. The van der Waals surface area contributed by atoms with Crippen molar-refractivity contribution in [2.24, 2.45) is 5.92 Å². The van der Waals surface area contributed by atoms with Crippen LogP contribution in [0.2, 0.25) is 0 Å². The molecule has 0 atom stereocenters. The molecule has 0 aromatic carbocycles. The molecule has 0 bridgehead atoms. The van der Waals surface area contributed by atoms with Crippen molar-refractivity contribution in [1.82, 2.24) is 5.32 Å². The van der Waals surface area contributed by atoms with Crippen LogP contribution in [0.5, 0.6) is 0 Å². The Labute approximate surface area is 108 Å². The van der Waals surface area contributed by atoms with Gasteiger partial charge >= 0.3 is 0 Å². The fraction of sp³-hybridized carbons (Fsp3) is 0.833. The molecular weight excluding hydrogens is 238 g/mol. The Morgan fingerprint density at radius 3 is 2.17 bits per heavy atom. The Morgan fingerprint density at radius 1 is 1.06 bits per heavy atom. The van der Waals surface area contributed by atoms with E-state index in [4.69, 9.17) is 14.2 Å². The van der Waals surface area contributed by atoms with Crippen LogP contribution in [0.25, 0.3) is 0 Å². The molecule has 0 rings (SSSR count). The zero-order chi connectivity index (χ0) is 13.6. The summed E-state index contributed by atoms with van der Waals surface area (Å²) in [6.07, 6.45) is 0.703. The zero-order valence-corrected chi connectivity index (χ0v) is 11.1. The average molecular weight is 261 g/mol. The van der Waals surface area contributed by atoms with E-state index in [2.05, 4.69) is 5.32 Å². The van der Waals surface area contributed by atoms with Crippen molar-refractivity contribution in [3.8, 4) is 0 Å². The highest BCUT2D eigenvalue weighted by atomic mass is 16.5. The zero-order valence-electron chi connectivity index (χ0n) is 11.1. The summed E-state index contributed by atoms with van der Waals surface area (Å²) in [5, 5.41) is 2.75. The van der Waals surface area contributed by atoms with Gasteiger partial charge in [0.2, 0.25) is 5.91 Å². The Kier molecular flexibility index (Phi) is 11.8. The molecule has 106 valence electrons. The number of nitrogens with one attached hydrogen (secondary N) is 1. The van der Waals surface area contributed by atoms with Crippen LogP contribution in [0.15, 0.2) is 0 Å². The van der Waals surface area contributed by atoms with Crippen LogP contribution in [0.4, 0.5) is 0 Å². The van der Waals surface area contributed by atoms with E-state index in [0.717, 1.165) is 0 Å². The van der Waals surface area contributed by atoms with E-state index in [1.165, 1.54) is 0 Å². The molecule has 0 spiro atoms. The van der Waals surface area contributed by atoms with Crippen molar-refractivity contribution < 1.29 is 23.8 Å². The van der Waals surface area contributed by atoms with Gasteiger partial charge in [0, 0.05) is 12.5 Å². The van der Waals surface area contributed by atoms with Gasteiger partial charge in [-0.15, -0.1) is 0 Å². The molecule has 0 saturated carbocycles. The normalized spacial score (nSPS) is 10.6. The molecule has 0 unspecified atom stereocenters. The van der Waals surface area contributed by atoms with Crippen LogP contribution in [0, 0.1) is 5.92 Å². The first-order valence-electron chi connectivity index (χ1n) is 6.13. The van der Waals surface area contributed by atoms with E-state index in [0.29, 0.717) is 45.9 Å². The minimum Gasteiger partial charge on any atom is -0.377 e. The number of carbonyl (C=O) groups excluding carboxylic acids is 2. The number of ether oxygens (including phenoxy) is 3. The summed E-state index contributed by atoms with van der Waals surface area (Å²) in [6.45, 7) is 6.59. The van der Waals surface area contributed by atoms with Gasteiger partial charge in [-0.05, 0) is 0 Å². The van der Waals surface area contributed by atoms with Gasteiger partial charge in [-0.25, -0.2) is 0 Å². The first-order valence-corrected chi connectivity index (χ1v) is 6.13. The lowest BCUT2D eigenvalue weighted by Gasteiger charge is -2.08. The molecule has 18 heavy (non-hydrogen) atoms. The van der Waals surface area contributed by atoms with Gasteiger partial charge in [-0.2, -0.15) is 0 Å². The molecule has 0 aliphatic heterocycles.